The van der Waals surface area contributed by atoms with Gasteiger partial charge in [0.05, 0.1) is 11.7 Å². The number of aromatic nitrogens is 3. The maximum Gasteiger partial charge on any atom is 0.0846 e. The number of hydrogen-bond acceptors (Lipinski definition) is 4. The van der Waals surface area contributed by atoms with Crippen LogP contribution in [0.3, 0.4) is 0 Å². The van der Waals surface area contributed by atoms with Gasteiger partial charge in [0.1, 0.15) is 0 Å². The molecule has 1 aromatic carbocycles. The van der Waals surface area contributed by atoms with Gasteiger partial charge >= 0.3 is 0 Å². The molecule has 0 saturated carbocycles. The minimum Gasteiger partial charge on any atom is -0.271 e. The Labute approximate surface area is 108 Å². The van der Waals surface area contributed by atoms with Crippen molar-refractivity contribution < 1.29 is 0 Å². The molecule has 1 aromatic heterocycles. The standard InChI is InChI=1S/C11H14BrN5/c1-17-7-8(15-16-17)6-11(14-13)9-4-2-3-5-10(9)12/h2-5,7,11,14H,6,13H2,1H3. The molecule has 17 heavy (non-hydrogen) atoms. The quantitative estimate of drug-likeness (QED) is 0.659. The van der Waals surface area contributed by atoms with Crippen molar-refractivity contribution in [2.75, 3.05) is 0 Å². The van der Waals surface area contributed by atoms with Gasteiger partial charge in [0, 0.05) is 24.1 Å². The summed E-state index contributed by atoms with van der Waals surface area (Å²) in [7, 11) is 1.85. The summed E-state index contributed by atoms with van der Waals surface area (Å²) in [4.78, 5) is 0. The summed E-state index contributed by atoms with van der Waals surface area (Å²) in [5.74, 6) is 5.60. The average Bonchev–Trinajstić information content (AvgIpc) is 2.73. The van der Waals surface area contributed by atoms with Crippen LogP contribution < -0.4 is 11.3 Å². The molecule has 90 valence electrons. The summed E-state index contributed by atoms with van der Waals surface area (Å²) >= 11 is 3.52. The molecule has 1 heterocycles. The fourth-order valence-electron chi connectivity index (χ4n) is 1.71. The maximum atomic E-state index is 5.60. The first kappa shape index (κ1) is 12.2. The van der Waals surface area contributed by atoms with Crippen molar-refractivity contribution in [3.05, 3.63) is 46.2 Å². The molecule has 6 heteroatoms. The Morgan fingerprint density at radius 2 is 2.24 bits per heavy atom. The van der Waals surface area contributed by atoms with Gasteiger partial charge in [-0.3, -0.25) is 16.0 Å². The predicted molar refractivity (Wildman–Crippen MR) is 68.9 cm³/mol. The van der Waals surface area contributed by atoms with Gasteiger partial charge in [0.2, 0.25) is 0 Å². The van der Waals surface area contributed by atoms with Crippen LogP contribution in [0, 0.1) is 0 Å². The van der Waals surface area contributed by atoms with Crippen LogP contribution >= 0.6 is 15.9 Å². The van der Waals surface area contributed by atoms with Crippen LogP contribution in [0.4, 0.5) is 0 Å². The summed E-state index contributed by atoms with van der Waals surface area (Å²) in [6.07, 6.45) is 2.59. The van der Waals surface area contributed by atoms with Crippen molar-refractivity contribution >= 4 is 15.9 Å². The summed E-state index contributed by atoms with van der Waals surface area (Å²) < 4.78 is 2.72. The SMILES string of the molecule is Cn1cc(CC(NN)c2ccccc2Br)nn1. The maximum absolute atomic E-state index is 5.60. The molecule has 0 fully saturated rings. The van der Waals surface area contributed by atoms with Crippen molar-refractivity contribution in [1.82, 2.24) is 20.4 Å². The minimum absolute atomic E-state index is 0.0160. The molecule has 0 spiro atoms. The predicted octanol–water partition coefficient (Wildman–Crippen LogP) is 1.32. The van der Waals surface area contributed by atoms with Gasteiger partial charge in [0.15, 0.2) is 0 Å². The molecule has 1 unspecified atom stereocenters. The normalized spacial score (nSPS) is 12.6. The molecular weight excluding hydrogens is 282 g/mol. The number of aryl methyl sites for hydroxylation is 1. The minimum atomic E-state index is 0.0160. The Kier molecular flexibility index (Phi) is 3.88. The number of hydrogen-bond donors (Lipinski definition) is 2. The number of nitrogens with one attached hydrogen (secondary N) is 1. The molecule has 0 amide bonds. The highest BCUT2D eigenvalue weighted by Crippen LogP contribution is 2.24. The lowest BCUT2D eigenvalue weighted by molar-refractivity contribution is 0.543. The first-order valence-electron chi connectivity index (χ1n) is 5.26. The first-order chi connectivity index (χ1) is 8.20. The number of hydrazine groups is 1. The van der Waals surface area contributed by atoms with E-state index in [1.807, 2.05) is 37.5 Å². The number of nitrogens with zero attached hydrogens (tertiary/aromatic N) is 3. The summed E-state index contributed by atoms with van der Waals surface area (Å²) in [6.45, 7) is 0. The molecule has 0 bridgehead atoms. The van der Waals surface area contributed by atoms with E-state index in [1.54, 1.807) is 4.68 Å². The van der Waals surface area contributed by atoms with Crippen LogP contribution in [0.5, 0.6) is 0 Å². The molecule has 0 aliphatic carbocycles. The van der Waals surface area contributed by atoms with Gasteiger partial charge < -0.3 is 0 Å². The smallest absolute Gasteiger partial charge is 0.0846 e. The van der Waals surface area contributed by atoms with Crippen LogP contribution in [0.2, 0.25) is 0 Å². The Morgan fingerprint density at radius 3 is 2.82 bits per heavy atom. The molecule has 3 N–H and O–H groups in total. The van der Waals surface area contributed by atoms with Gasteiger partial charge in [0.25, 0.3) is 0 Å². The summed E-state index contributed by atoms with van der Waals surface area (Å²) in [6, 6.07) is 8.01. The topological polar surface area (TPSA) is 68.8 Å². The van der Waals surface area contributed by atoms with E-state index in [4.69, 9.17) is 5.84 Å². The van der Waals surface area contributed by atoms with Crippen molar-refractivity contribution in [3.63, 3.8) is 0 Å². The monoisotopic (exact) mass is 295 g/mol. The fourth-order valence-corrected chi connectivity index (χ4v) is 2.28. The van der Waals surface area contributed by atoms with E-state index in [2.05, 4.69) is 31.7 Å². The first-order valence-corrected chi connectivity index (χ1v) is 6.05. The van der Waals surface area contributed by atoms with Crippen LogP contribution in [0.25, 0.3) is 0 Å². The highest BCUT2D eigenvalue weighted by molar-refractivity contribution is 9.10. The second kappa shape index (κ2) is 5.39. The van der Waals surface area contributed by atoms with Gasteiger partial charge in [-0.2, -0.15) is 0 Å². The Morgan fingerprint density at radius 1 is 1.47 bits per heavy atom. The molecule has 1 atom stereocenters. The van der Waals surface area contributed by atoms with E-state index in [9.17, 15) is 0 Å². The summed E-state index contributed by atoms with van der Waals surface area (Å²) in [5.41, 5.74) is 4.83. The summed E-state index contributed by atoms with van der Waals surface area (Å²) in [5, 5.41) is 7.97. The van der Waals surface area contributed by atoms with E-state index >= 15 is 0 Å². The van der Waals surface area contributed by atoms with Gasteiger partial charge in [-0.25, -0.2) is 0 Å². The van der Waals surface area contributed by atoms with Crippen molar-refractivity contribution in [1.29, 1.82) is 0 Å². The average molecular weight is 296 g/mol. The zero-order chi connectivity index (χ0) is 12.3. The molecule has 0 aliphatic rings. The van der Waals surface area contributed by atoms with Gasteiger partial charge in [-0.1, -0.05) is 39.3 Å². The molecule has 5 nitrogen and oxygen atoms in total. The fraction of sp³-hybridized carbons (Fsp3) is 0.273. The van der Waals surface area contributed by atoms with E-state index < -0.39 is 0 Å². The van der Waals surface area contributed by atoms with E-state index in [1.165, 1.54) is 0 Å². The second-order valence-corrected chi connectivity index (χ2v) is 4.68. The molecule has 0 saturated heterocycles. The number of halogens is 1. The Hall–Kier alpha value is -1.24. The van der Waals surface area contributed by atoms with E-state index in [-0.39, 0.29) is 6.04 Å². The third kappa shape index (κ3) is 2.91. The zero-order valence-electron chi connectivity index (χ0n) is 9.47. The van der Waals surface area contributed by atoms with Gasteiger partial charge in [-0.05, 0) is 11.6 Å². The third-order valence-electron chi connectivity index (χ3n) is 2.55. The highest BCUT2D eigenvalue weighted by atomic mass is 79.9. The Bertz CT molecular complexity index is 496. The van der Waals surface area contributed by atoms with Gasteiger partial charge in [-0.15, -0.1) is 5.10 Å². The van der Waals surface area contributed by atoms with E-state index in [0.29, 0.717) is 6.42 Å². The van der Waals surface area contributed by atoms with Crippen molar-refractivity contribution in [2.24, 2.45) is 12.9 Å². The lowest BCUT2D eigenvalue weighted by atomic mass is 10.0. The Balaban J connectivity index is 2.20. The second-order valence-electron chi connectivity index (χ2n) is 3.83. The van der Waals surface area contributed by atoms with Crippen LogP contribution in [-0.2, 0) is 13.5 Å². The molecular formula is C11H14BrN5. The number of rotatable bonds is 4. The van der Waals surface area contributed by atoms with Crippen LogP contribution in [0.15, 0.2) is 34.9 Å². The van der Waals surface area contributed by atoms with Crippen molar-refractivity contribution in [3.8, 4) is 0 Å². The molecule has 0 aliphatic heterocycles. The number of nitrogens with two attached hydrogens (primary N) is 1. The third-order valence-corrected chi connectivity index (χ3v) is 3.27. The lowest BCUT2D eigenvalue weighted by Gasteiger charge is -2.16. The van der Waals surface area contributed by atoms with Crippen LogP contribution in [-0.4, -0.2) is 15.0 Å². The largest absolute Gasteiger partial charge is 0.271 e. The molecule has 0 radical (unpaired) electrons. The lowest BCUT2D eigenvalue weighted by Crippen LogP contribution is -2.30. The highest BCUT2D eigenvalue weighted by Gasteiger charge is 2.14. The molecule has 2 aromatic rings. The van der Waals surface area contributed by atoms with E-state index in [0.717, 1.165) is 15.7 Å². The van der Waals surface area contributed by atoms with Crippen LogP contribution in [0.1, 0.15) is 17.3 Å². The van der Waals surface area contributed by atoms with Crippen molar-refractivity contribution in [2.45, 2.75) is 12.5 Å². The number of benzene rings is 1. The zero-order valence-corrected chi connectivity index (χ0v) is 11.1. The molecule has 2 rings (SSSR count).